The average Bonchev–Trinajstić information content (AvgIpc) is 3.06. The average molecular weight is 343 g/mol. The Morgan fingerprint density at radius 1 is 1.24 bits per heavy atom. The molecule has 0 radical (unpaired) electrons. The van der Waals surface area contributed by atoms with Crippen LogP contribution in [0.4, 0.5) is 5.69 Å². The number of hydrogen-bond acceptors (Lipinski definition) is 4. The molecule has 2 heterocycles. The predicted octanol–water partition coefficient (Wildman–Crippen LogP) is 2.22. The number of rotatable bonds is 4. The van der Waals surface area contributed by atoms with E-state index in [1.807, 2.05) is 4.90 Å². The molecule has 0 aromatic heterocycles. The van der Waals surface area contributed by atoms with Crippen LogP contribution in [0.15, 0.2) is 30.3 Å². The zero-order valence-corrected chi connectivity index (χ0v) is 14.0. The Morgan fingerprint density at radius 3 is 2.64 bits per heavy atom. The smallest absolute Gasteiger partial charge is 0.270 e. The molecule has 0 aliphatic carbocycles. The quantitative estimate of drug-likeness (QED) is 0.477. The lowest BCUT2D eigenvalue weighted by Gasteiger charge is -2.36. The lowest BCUT2D eigenvalue weighted by molar-refractivity contribution is -0.384. The maximum absolute atomic E-state index is 12.3. The Labute approximate surface area is 146 Å². The highest BCUT2D eigenvalue weighted by Crippen LogP contribution is 2.22. The summed E-state index contributed by atoms with van der Waals surface area (Å²) in [7, 11) is 0. The zero-order valence-electron chi connectivity index (χ0n) is 14.0. The third-order valence-electron chi connectivity index (χ3n) is 4.83. The number of benzene rings is 1. The summed E-state index contributed by atoms with van der Waals surface area (Å²) >= 11 is 0. The van der Waals surface area contributed by atoms with E-state index in [2.05, 4.69) is 0 Å². The van der Waals surface area contributed by atoms with Crippen LogP contribution in [0.25, 0.3) is 6.08 Å². The summed E-state index contributed by atoms with van der Waals surface area (Å²) < 4.78 is 0. The molecule has 0 unspecified atom stereocenters. The molecule has 2 aliphatic heterocycles. The van der Waals surface area contributed by atoms with Gasteiger partial charge in [0.25, 0.3) is 5.69 Å². The topological polar surface area (TPSA) is 83.8 Å². The van der Waals surface area contributed by atoms with Crippen LogP contribution < -0.4 is 0 Å². The molecule has 0 N–H and O–H groups in total. The minimum Gasteiger partial charge on any atom is -0.340 e. The first kappa shape index (κ1) is 17.1. The van der Waals surface area contributed by atoms with Crippen molar-refractivity contribution in [2.45, 2.75) is 31.7 Å². The van der Waals surface area contributed by atoms with Gasteiger partial charge in [0.15, 0.2) is 0 Å². The highest BCUT2D eigenvalue weighted by Gasteiger charge is 2.31. The number of likely N-dealkylation sites (tertiary alicyclic amines) is 2. The lowest BCUT2D eigenvalue weighted by Crippen LogP contribution is -2.46. The second-order valence-corrected chi connectivity index (χ2v) is 6.43. The molecule has 0 saturated carbocycles. The number of carbonyl (C=O) groups is 2. The molecule has 2 aliphatic rings. The Kier molecular flexibility index (Phi) is 5.11. The molecule has 132 valence electrons. The van der Waals surface area contributed by atoms with Crippen LogP contribution in [0.3, 0.4) is 0 Å². The third kappa shape index (κ3) is 4.04. The Hall–Kier alpha value is -2.70. The first-order chi connectivity index (χ1) is 12.0. The molecular weight excluding hydrogens is 322 g/mol. The number of piperidine rings is 1. The van der Waals surface area contributed by atoms with Crippen LogP contribution in [0, 0.1) is 10.1 Å². The molecule has 7 nitrogen and oxygen atoms in total. The predicted molar refractivity (Wildman–Crippen MR) is 92.7 cm³/mol. The van der Waals surface area contributed by atoms with Crippen molar-refractivity contribution in [2.24, 2.45) is 0 Å². The third-order valence-corrected chi connectivity index (χ3v) is 4.83. The molecule has 25 heavy (non-hydrogen) atoms. The molecule has 0 atom stereocenters. The van der Waals surface area contributed by atoms with Crippen LogP contribution >= 0.6 is 0 Å². The molecular formula is C18H21N3O4. The number of nitro groups is 1. The maximum Gasteiger partial charge on any atom is 0.270 e. The SMILES string of the molecule is O=C(C=Cc1cccc([N+](=O)[O-])c1)N1CCC(N2CCCC2=O)CC1. The number of hydrogen-bond donors (Lipinski definition) is 0. The van der Waals surface area contributed by atoms with Gasteiger partial charge in [0.2, 0.25) is 11.8 Å². The van der Waals surface area contributed by atoms with Gasteiger partial charge >= 0.3 is 0 Å². The first-order valence-electron chi connectivity index (χ1n) is 8.55. The van der Waals surface area contributed by atoms with Crippen LogP contribution in [0.5, 0.6) is 0 Å². The van der Waals surface area contributed by atoms with Crippen LogP contribution in [0.2, 0.25) is 0 Å². The standard InChI is InChI=1S/C18H21N3O4/c22-17(7-6-14-3-1-4-16(13-14)21(24)25)19-11-8-15(9-12-19)20-10-2-5-18(20)23/h1,3-4,6-7,13,15H,2,5,8-12H2. The second-order valence-electron chi connectivity index (χ2n) is 6.43. The Morgan fingerprint density at radius 2 is 2.00 bits per heavy atom. The molecule has 1 aromatic carbocycles. The van der Waals surface area contributed by atoms with Crippen molar-refractivity contribution in [3.8, 4) is 0 Å². The van der Waals surface area contributed by atoms with E-state index in [1.54, 1.807) is 23.1 Å². The van der Waals surface area contributed by atoms with Gasteiger partial charge in [0.1, 0.15) is 0 Å². The molecule has 0 spiro atoms. The summed E-state index contributed by atoms with van der Waals surface area (Å²) in [5.41, 5.74) is 0.630. The summed E-state index contributed by atoms with van der Waals surface area (Å²) in [5, 5.41) is 10.8. The monoisotopic (exact) mass is 343 g/mol. The van der Waals surface area contributed by atoms with Crippen molar-refractivity contribution in [3.05, 3.63) is 46.0 Å². The number of carbonyl (C=O) groups excluding carboxylic acids is 2. The maximum atomic E-state index is 12.3. The first-order valence-corrected chi connectivity index (χ1v) is 8.55. The second kappa shape index (κ2) is 7.46. The van der Waals surface area contributed by atoms with E-state index < -0.39 is 4.92 Å². The van der Waals surface area contributed by atoms with Crippen LogP contribution in [0.1, 0.15) is 31.2 Å². The van der Waals surface area contributed by atoms with Crippen LogP contribution in [-0.2, 0) is 9.59 Å². The lowest BCUT2D eigenvalue weighted by atomic mass is 10.0. The Bertz CT molecular complexity index is 708. The van der Waals surface area contributed by atoms with Crippen molar-refractivity contribution < 1.29 is 14.5 Å². The van der Waals surface area contributed by atoms with Gasteiger partial charge < -0.3 is 9.80 Å². The van der Waals surface area contributed by atoms with Gasteiger partial charge in [-0.15, -0.1) is 0 Å². The fourth-order valence-corrected chi connectivity index (χ4v) is 3.47. The van der Waals surface area contributed by atoms with E-state index in [9.17, 15) is 19.7 Å². The number of amides is 2. The minimum absolute atomic E-state index is 0.00527. The van der Waals surface area contributed by atoms with Crippen molar-refractivity contribution in [1.29, 1.82) is 0 Å². The van der Waals surface area contributed by atoms with Gasteiger partial charge in [-0.25, -0.2) is 0 Å². The van der Waals surface area contributed by atoms with E-state index in [-0.39, 0.29) is 23.5 Å². The Balaban J connectivity index is 1.55. The summed E-state index contributed by atoms with van der Waals surface area (Å²) in [5.74, 6) is 0.132. The highest BCUT2D eigenvalue weighted by molar-refractivity contribution is 5.92. The normalized spacial score (nSPS) is 19.0. The number of nitrogens with zero attached hydrogens (tertiary/aromatic N) is 3. The van der Waals surface area contributed by atoms with Crippen molar-refractivity contribution >= 4 is 23.6 Å². The van der Waals surface area contributed by atoms with E-state index >= 15 is 0 Å². The van der Waals surface area contributed by atoms with Gasteiger partial charge in [-0.2, -0.15) is 0 Å². The summed E-state index contributed by atoms with van der Waals surface area (Å²) in [6.07, 6.45) is 6.26. The minimum atomic E-state index is -0.455. The molecule has 1 aromatic rings. The summed E-state index contributed by atoms with van der Waals surface area (Å²) in [6.45, 7) is 2.10. The van der Waals surface area contributed by atoms with E-state index in [4.69, 9.17) is 0 Å². The molecule has 2 amide bonds. The van der Waals surface area contributed by atoms with Crippen molar-refractivity contribution in [2.75, 3.05) is 19.6 Å². The molecule has 3 rings (SSSR count). The fourth-order valence-electron chi connectivity index (χ4n) is 3.47. The molecule has 2 saturated heterocycles. The van der Waals surface area contributed by atoms with Crippen LogP contribution in [-0.4, -0.2) is 52.2 Å². The fraction of sp³-hybridized carbons (Fsp3) is 0.444. The van der Waals surface area contributed by atoms with Crippen molar-refractivity contribution in [3.63, 3.8) is 0 Å². The zero-order chi connectivity index (χ0) is 17.8. The number of nitro benzene ring substituents is 1. The molecule has 7 heteroatoms. The van der Waals surface area contributed by atoms with E-state index in [0.29, 0.717) is 25.1 Å². The largest absolute Gasteiger partial charge is 0.340 e. The van der Waals surface area contributed by atoms with Gasteiger partial charge in [0.05, 0.1) is 4.92 Å². The van der Waals surface area contributed by atoms with Gasteiger partial charge in [-0.1, -0.05) is 12.1 Å². The molecule has 0 bridgehead atoms. The number of non-ortho nitro benzene ring substituents is 1. The molecule has 2 fully saturated rings. The van der Waals surface area contributed by atoms with Gasteiger partial charge in [-0.05, 0) is 30.9 Å². The van der Waals surface area contributed by atoms with Gasteiger partial charge in [-0.3, -0.25) is 19.7 Å². The highest BCUT2D eigenvalue weighted by atomic mass is 16.6. The van der Waals surface area contributed by atoms with Crippen molar-refractivity contribution in [1.82, 2.24) is 9.80 Å². The van der Waals surface area contributed by atoms with Gasteiger partial charge in [0, 0.05) is 50.3 Å². The summed E-state index contributed by atoms with van der Waals surface area (Å²) in [4.78, 5) is 38.2. The van der Waals surface area contributed by atoms with E-state index in [1.165, 1.54) is 18.2 Å². The van der Waals surface area contributed by atoms with E-state index in [0.717, 1.165) is 25.8 Å². The summed E-state index contributed by atoms with van der Waals surface area (Å²) in [6, 6.07) is 6.43.